The first-order valence-corrected chi connectivity index (χ1v) is 4.91. The van der Waals surface area contributed by atoms with Gasteiger partial charge in [-0.15, -0.1) is 0 Å². The molecule has 0 aliphatic heterocycles. The number of nitrogens with two attached hydrogens (primary N) is 1. The van der Waals surface area contributed by atoms with E-state index in [2.05, 4.69) is 5.32 Å². The van der Waals surface area contributed by atoms with Crippen molar-refractivity contribution in [1.29, 1.82) is 0 Å². The van der Waals surface area contributed by atoms with Crippen molar-refractivity contribution in [1.82, 2.24) is 5.32 Å². The number of rotatable bonds is 4. The summed E-state index contributed by atoms with van der Waals surface area (Å²) in [6, 6.07) is 5.25. The Morgan fingerprint density at radius 2 is 2.27 bits per heavy atom. The molecule has 0 aromatic heterocycles. The summed E-state index contributed by atoms with van der Waals surface area (Å²) < 4.78 is 0. The largest absolute Gasteiger partial charge is 0.398 e. The maximum Gasteiger partial charge on any atom is 0.251 e. The molecular weight excluding hydrogens is 192 g/mol. The third kappa shape index (κ3) is 2.95. The van der Waals surface area contributed by atoms with E-state index in [1.54, 1.807) is 18.2 Å². The highest BCUT2D eigenvalue weighted by Gasteiger charge is 2.09. The number of aliphatic hydroxyl groups is 1. The van der Waals surface area contributed by atoms with Crippen molar-refractivity contribution < 1.29 is 9.90 Å². The minimum Gasteiger partial charge on any atom is -0.398 e. The molecule has 1 aromatic carbocycles. The van der Waals surface area contributed by atoms with Gasteiger partial charge in [-0.25, -0.2) is 0 Å². The van der Waals surface area contributed by atoms with Gasteiger partial charge in [0.25, 0.3) is 5.91 Å². The summed E-state index contributed by atoms with van der Waals surface area (Å²) in [5, 5.41) is 11.3. The Hall–Kier alpha value is -1.55. The van der Waals surface area contributed by atoms with Crippen LogP contribution in [0.1, 0.15) is 22.3 Å². The zero-order valence-corrected chi connectivity index (χ0v) is 8.79. The van der Waals surface area contributed by atoms with Crippen LogP contribution in [0.15, 0.2) is 18.2 Å². The first-order chi connectivity index (χ1) is 7.16. The smallest absolute Gasteiger partial charge is 0.251 e. The quantitative estimate of drug-likeness (QED) is 0.503. The molecule has 0 fully saturated rings. The van der Waals surface area contributed by atoms with Gasteiger partial charge in [-0.2, -0.15) is 0 Å². The van der Waals surface area contributed by atoms with Crippen molar-refractivity contribution in [2.75, 3.05) is 18.9 Å². The minimum atomic E-state index is -0.145. The summed E-state index contributed by atoms with van der Waals surface area (Å²) in [5.74, 6) is -0.145. The zero-order chi connectivity index (χ0) is 11.3. The summed E-state index contributed by atoms with van der Waals surface area (Å²) in [7, 11) is 0. The van der Waals surface area contributed by atoms with Crippen LogP contribution in [0.4, 0.5) is 5.69 Å². The Balaban J connectivity index is 2.69. The van der Waals surface area contributed by atoms with Crippen LogP contribution in [-0.4, -0.2) is 24.2 Å². The Morgan fingerprint density at radius 3 is 2.93 bits per heavy atom. The molecule has 0 spiro atoms. The first kappa shape index (κ1) is 11.5. The van der Waals surface area contributed by atoms with E-state index in [1.807, 2.05) is 6.92 Å². The fraction of sp³-hybridized carbons (Fsp3) is 0.364. The van der Waals surface area contributed by atoms with E-state index in [-0.39, 0.29) is 12.5 Å². The topological polar surface area (TPSA) is 75.4 Å². The van der Waals surface area contributed by atoms with E-state index in [0.717, 1.165) is 5.56 Å². The molecule has 0 aliphatic rings. The number of amides is 1. The molecule has 0 atom stereocenters. The average molecular weight is 208 g/mol. The number of aliphatic hydroxyl groups excluding tert-OH is 1. The molecule has 4 heteroatoms. The second kappa shape index (κ2) is 5.36. The predicted octanol–water partition coefficient (Wildman–Crippen LogP) is 0.689. The summed E-state index contributed by atoms with van der Waals surface area (Å²) in [6.07, 6.45) is 0.563. The van der Waals surface area contributed by atoms with Gasteiger partial charge in [-0.3, -0.25) is 4.79 Å². The van der Waals surface area contributed by atoms with Gasteiger partial charge < -0.3 is 16.2 Å². The van der Waals surface area contributed by atoms with Gasteiger partial charge in [0.15, 0.2) is 0 Å². The SMILES string of the molecule is Cc1c(N)cccc1C(=O)NCCCO. The maximum atomic E-state index is 11.6. The molecular formula is C11H16N2O2. The fourth-order valence-corrected chi connectivity index (χ4v) is 1.28. The number of nitrogens with one attached hydrogen (secondary N) is 1. The summed E-state index contributed by atoms with van der Waals surface area (Å²) in [5.41, 5.74) is 7.69. The average Bonchev–Trinajstić information content (AvgIpc) is 2.22. The fourth-order valence-electron chi connectivity index (χ4n) is 1.28. The van der Waals surface area contributed by atoms with E-state index < -0.39 is 0 Å². The van der Waals surface area contributed by atoms with Crippen LogP contribution in [0.3, 0.4) is 0 Å². The van der Waals surface area contributed by atoms with Gasteiger partial charge in [0.2, 0.25) is 0 Å². The molecule has 0 unspecified atom stereocenters. The Kier molecular flexibility index (Phi) is 4.12. The van der Waals surface area contributed by atoms with Crippen LogP contribution in [0.25, 0.3) is 0 Å². The van der Waals surface area contributed by atoms with Crippen LogP contribution < -0.4 is 11.1 Å². The molecule has 0 saturated heterocycles. The molecule has 1 rings (SSSR count). The maximum absolute atomic E-state index is 11.6. The molecule has 0 saturated carbocycles. The molecule has 0 bridgehead atoms. The second-order valence-corrected chi connectivity index (χ2v) is 3.35. The molecule has 4 N–H and O–H groups in total. The highest BCUT2D eigenvalue weighted by molar-refractivity contribution is 5.96. The van der Waals surface area contributed by atoms with Crippen LogP contribution >= 0.6 is 0 Å². The molecule has 0 radical (unpaired) electrons. The van der Waals surface area contributed by atoms with Gasteiger partial charge in [0.1, 0.15) is 0 Å². The molecule has 0 heterocycles. The number of benzene rings is 1. The molecule has 1 amide bonds. The van der Waals surface area contributed by atoms with E-state index in [0.29, 0.717) is 24.2 Å². The summed E-state index contributed by atoms with van der Waals surface area (Å²) >= 11 is 0. The van der Waals surface area contributed by atoms with Crippen LogP contribution in [0, 0.1) is 6.92 Å². The molecule has 15 heavy (non-hydrogen) atoms. The van der Waals surface area contributed by atoms with Crippen molar-refractivity contribution in [2.45, 2.75) is 13.3 Å². The Bertz CT molecular complexity index is 350. The molecule has 82 valence electrons. The van der Waals surface area contributed by atoms with Crippen molar-refractivity contribution in [3.05, 3.63) is 29.3 Å². The Morgan fingerprint density at radius 1 is 1.53 bits per heavy atom. The number of hydrogen-bond donors (Lipinski definition) is 3. The summed E-state index contributed by atoms with van der Waals surface area (Å²) in [6.45, 7) is 2.37. The molecule has 1 aromatic rings. The lowest BCUT2D eigenvalue weighted by Gasteiger charge is -2.08. The van der Waals surface area contributed by atoms with Crippen molar-refractivity contribution >= 4 is 11.6 Å². The highest BCUT2D eigenvalue weighted by atomic mass is 16.3. The lowest BCUT2D eigenvalue weighted by atomic mass is 10.1. The number of nitrogen functional groups attached to an aromatic ring is 1. The standard InChI is InChI=1S/C11H16N2O2/c1-8-9(4-2-5-10(8)12)11(15)13-6-3-7-14/h2,4-5,14H,3,6-7,12H2,1H3,(H,13,15). The van der Waals surface area contributed by atoms with Gasteiger partial charge in [-0.1, -0.05) is 6.07 Å². The second-order valence-electron chi connectivity index (χ2n) is 3.35. The van der Waals surface area contributed by atoms with Gasteiger partial charge in [0.05, 0.1) is 0 Å². The van der Waals surface area contributed by atoms with E-state index >= 15 is 0 Å². The van der Waals surface area contributed by atoms with Gasteiger partial charge in [0, 0.05) is 24.4 Å². The molecule has 4 nitrogen and oxygen atoms in total. The van der Waals surface area contributed by atoms with Crippen LogP contribution in [-0.2, 0) is 0 Å². The van der Waals surface area contributed by atoms with Crippen LogP contribution in [0.5, 0.6) is 0 Å². The zero-order valence-electron chi connectivity index (χ0n) is 8.79. The number of carbonyl (C=O) groups is 1. The van der Waals surface area contributed by atoms with Crippen molar-refractivity contribution in [3.63, 3.8) is 0 Å². The Labute approximate surface area is 89.1 Å². The lowest BCUT2D eigenvalue weighted by Crippen LogP contribution is -2.25. The number of carbonyl (C=O) groups excluding carboxylic acids is 1. The van der Waals surface area contributed by atoms with E-state index in [9.17, 15) is 4.79 Å². The van der Waals surface area contributed by atoms with E-state index in [4.69, 9.17) is 10.8 Å². The van der Waals surface area contributed by atoms with Gasteiger partial charge >= 0.3 is 0 Å². The minimum absolute atomic E-state index is 0.0796. The summed E-state index contributed by atoms with van der Waals surface area (Å²) in [4.78, 5) is 11.6. The third-order valence-corrected chi connectivity index (χ3v) is 2.24. The highest BCUT2D eigenvalue weighted by Crippen LogP contribution is 2.14. The normalized spacial score (nSPS) is 10.0. The molecule has 0 aliphatic carbocycles. The lowest BCUT2D eigenvalue weighted by molar-refractivity contribution is 0.0950. The first-order valence-electron chi connectivity index (χ1n) is 4.91. The number of anilines is 1. The monoisotopic (exact) mass is 208 g/mol. The van der Waals surface area contributed by atoms with Gasteiger partial charge in [-0.05, 0) is 31.0 Å². The van der Waals surface area contributed by atoms with Crippen molar-refractivity contribution in [3.8, 4) is 0 Å². The van der Waals surface area contributed by atoms with Crippen LogP contribution in [0.2, 0.25) is 0 Å². The third-order valence-electron chi connectivity index (χ3n) is 2.24. The van der Waals surface area contributed by atoms with Crippen molar-refractivity contribution in [2.24, 2.45) is 0 Å². The predicted molar refractivity (Wildman–Crippen MR) is 59.6 cm³/mol. The number of hydrogen-bond acceptors (Lipinski definition) is 3. The van der Waals surface area contributed by atoms with E-state index in [1.165, 1.54) is 0 Å².